The standard InChI is InChI=1S/C17H19N3/c18-11-12-9-10-16(14-6-2-1-5-13(12)14)20-17-8-4-3-7-15(17)19/h1-2,5-6,9-10,15,17,20H,3-4,7-8,19H2. The van der Waals surface area contributed by atoms with Crippen LogP contribution in [-0.2, 0) is 0 Å². The molecule has 2 unspecified atom stereocenters. The molecule has 20 heavy (non-hydrogen) atoms. The molecule has 0 aliphatic heterocycles. The molecule has 0 spiro atoms. The fourth-order valence-corrected chi connectivity index (χ4v) is 3.06. The third-order valence-corrected chi connectivity index (χ3v) is 4.20. The minimum atomic E-state index is 0.221. The normalized spacial score (nSPS) is 22.4. The zero-order valence-corrected chi connectivity index (χ0v) is 11.5. The minimum Gasteiger partial charge on any atom is -0.380 e. The summed E-state index contributed by atoms with van der Waals surface area (Å²) in [7, 11) is 0. The van der Waals surface area contributed by atoms with Crippen LogP contribution in [0.2, 0.25) is 0 Å². The average molecular weight is 265 g/mol. The number of anilines is 1. The van der Waals surface area contributed by atoms with Crippen molar-refractivity contribution in [1.82, 2.24) is 0 Å². The zero-order valence-electron chi connectivity index (χ0n) is 11.5. The molecule has 0 aromatic heterocycles. The van der Waals surface area contributed by atoms with Crippen molar-refractivity contribution in [2.45, 2.75) is 37.8 Å². The molecule has 3 heteroatoms. The van der Waals surface area contributed by atoms with Gasteiger partial charge in [-0.3, -0.25) is 0 Å². The van der Waals surface area contributed by atoms with Crippen LogP contribution in [0.1, 0.15) is 31.2 Å². The van der Waals surface area contributed by atoms with Crippen molar-refractivity contribution < 1.29 is 0 Å². The highest BCUT2D eigenvalue weighted by atomic mass is 15.0. The van der Waals surface area contributed by atoms with Crippen molar-refractivity contribution in [3.8, 4) is 6.07 Å². The summed E-state index contributed by atoms with van der Waals surface area (Å²) < 4.78 is 0. The van der Waals surface area contributed by atoms with Crippen LogP contribution in [0.15, 0.2) is 36.4 Å². The van der Waals surface area contributed by atoms with E-state index in [4.69, 9.17) is 5.73 Å². The van der Waals surface area contributed by atoms with Gasteiger partial charge in [0.1, 0.15) is 0 Å². The highest BCUT2D eigenvalue weighted by molar-refractivity contribution is 5.97. The highest BCUT2D eigenvalue weighted by Crippen LogP contribution is 2.29. The van der Waals surface area contributed by atoms with Crippen LogP contribution in [0.25, 0.3) is 10.8 Å². The maximum Gasteiger partial charge on any atom is 0.0998 e. The summed E-state index contributed by atoms with van der Waals surface area (Å²) in [6, 6.07) is 14.7. The Morgan fingerprint density at radius 2 is 1.80 bits per heavy atom. The maximum absolute atomic E-state index is 9.20. The number of nitrogens with zero attached hydrogens (tertiary/aromatic N) is 1. The van der Waals surface area contributed by atoms with E-state index in [1.807, 2.05) is 30.3 Å². The minimum absolute atomic E-state index is 0.221. The van der Waals surface area contributed by atoms with Crippen LogP contribution in [0, 0.1) is 11.3 Å². The van der Waals surface area contributed by atoms with Gasteiger partial charge >= 0.3 is 0 Å². The Hall–Kier alpha value is -2.05. The number of hydrogen-bond acceptors (Lipinski definition) is 3. The quantitative estimate of drug-likeness (QED) is 0.875. The molecule has 0 bridgehead atoms. The second kappa shape index (κ2) is 5.52. The number of fused-ring (bicyclic) bond motifs is 1. The third kappa shape index (κ3) is 2.35. The summed E-state index contributed by atoms with van der Waals surface area (Å²) in [5, 5.41) is 14.9. The first kappa shape index (κ1) is 13.0. The Morgan fingerprint density at radius 1 is 1.05 bits per heavy atom. The van der Waals surface area contributed by atoms with Crippen LogP contribution in [-0.4, -0.2) is 12.1 Å². The lowest BCUT2D eigenvalue weighted by molar-refractivity contribution is 0.404. The molecule has 3 nitrogen and oxygen atoms in total. The van der Waals surface area contributed by atoms with Crippen LogP contribution < -0.4 is 11.1 Å². The van der Waals surface area contributed by atoms with E-state index < -0.39 is 0 Å². The number of benzene rings is 2. The summed E-state index contributed by atoms with van der Waals surface area (Å²) in [5.74, 6) is 0. The third-order valence-electron chi connectivity index (χ3n) is 4.20. The van der Waals surface area contributed by atoms with E-state index in [9.17, 15) is 5.26 Å². The van der Waals surface area contributed by atoms with E-state index in [0.717, 1.165) is 34.9 Å². The Morgan fingerprint density at radius 3 is 2.55 bits per heavy atom. The van der Waals surface area contributed by atoms with Gasteiger partial charge in [0, 0.05) is 28.5 Å². The van der Waals surface area contributed by atoms with Gasteiger partial charge in [0.05, 0.1) is 11.6 Å². The van der Waals surface area contributed by atoms with Gasteiger partial charge in [0.25, 0.3) is 0 Å². The predicted octanol–water partition coefficient (Wildman–Crippen LogP) is 3.39. The van der Waals surface area contributed by atoms with Gasteiger partial charge in [-0.05, 0) is 25.0 Å². The molecule has 0 amide bonds. The molecule has 1 aliphatic rings. The lowest BCUT2D eigenvalue weighted by Gasteiger charge is -2.30. The van der Waals surface area contributed by atoms with Crippen molar-refractivity contribution in [1.29, 1.82) is 5.26 Å². The molecular formula is C17H19N3. The Kier molecular flexibility index (Phi) is 3.58. The van der Waals surface area contributed by atoms with E-state index in [2.05, 4.69) is 17.5 Å². The first-order valence-electron chi connectivity index (χ1n) is 7.23. The lowest BCUT2D eigenvalue weighted by atomic mass is 9.90. The molecule has 0 radical (unpaired) electrons. The molecule has 1 saturated carbocycles. The maximum atomic E-state index is 9.20. The number of hydrogen-bond donors (Lipinski definition) is 2. The number of nitrogens with two attached hydrogens (primary N) is 1. The van der Waals surface area contributed by atoms with E-state index in [0.29, 0.717) is 6.04 Å². The van der Waals surface area contributed by atoms with Crippen LogP contribution in [0.5, 0.6) is 0 Å². The van der Waals surface area contributed by atoms with Crippen LogP contribution in [0.4, 0.5) is 5.69 Å². The summed E-state index contributed by atoms with van der Waals surface area (Å²) >= 11 is 0. The fourth-order valence-electron chi connectivity index (χ4n) is 3.06. The monoisotopic (exact) mass is 265 g/mol. The predicted molar refractivity (Wildman–Crippen MR) is 82.5 cm³/mol. The zero-order chi connectivity index (χ0) is 13.9. The van der Waals surface area contributed by atoms with Gasteiger partial charge in [-0.2, -0.15) is 5.26 Å². The molecule has 2 aromatic carbocycles. The van der Waals surface area contributed by atoms with Gasteiger partial charge in [-0.1, -0.05) is 37.1 Å². The van der Waals surface area contributed by atoms with E-state index >= 15 is 0 Å². The van der Waals surface area contributed by atoms with Crippen LogP contribution in [0.3, 0.4) is 0 Å². The van der Waals surface area contributed by atoms with Crippen molar-refractivity contribution in [2.24, 2.45) is 5.73 Å². The summed E-state index contributed by atoms with van der Waals surface area (Å²) in [5.41, 5.74) is 8.02. The number of rotatable bonds is 2. The van der Waals surface area contributed by atoms with Crippen molar-refractivity contribution in [2.75, 3.05) is 5.32 Å². The second-order valence-electron chi connectivity index (χ2n) is 5.52. The number of nitriles is 1. The summed E-state index contributed by atoms with van der Waals surface area (Å²) in [4.78, 5) is 0. The molecule has 3 rings (SSSR count). The lowest BCUT2D eigenvalue weighted by Crippen LogP contribution is -2.42. The highest BCUT2D eigenvalue weighted by Gasteiger charge is 2.22. The van der Waals surface area contributed by atoms with E-state index in [-0.39, 0.29) is 6.04 Å². The van der Waals surface area contributed by atoms with Crippen molar-refractivity contribution in [3.05, 3.63) is 42.0 Å². The van der Waals surface area contributed by atoms with E-state index in [1.165, 1.54) is 12.8 Å². The topological polar surface area (TPSA) is 61.8 Å². The molecule has 0 heterocycles. The summed E-state index contributed by atoms with van der Waals surface area (Å²) in [6.45, 7) is 0. The second-order valence-corrected chi connectivity index (χ2v) is 5.52. The van der Waals surface area contributed by atoms with Crippen LogP contribution >= 0.6 is 0 Å². The Labute approximate surface area is 119 Å². The molecule has 1 fully saturated rings. The molecule has 2 aromatic rings. The first-order valence-corrected chi connectivity index (χ1v) is 7.23. The first-order chi connectivity index (χ1) is 9.79. The average Bonchev–Trinajstić information content (AvgIpc) is 2.50. The molecule has 2 atom stereocenters. The smallest absolute Gasteiger partial charge is 0.0998 e. The SMILES string of the molecule is N#Cc1ccc(NC2CCCCC2N)c2ccccc12. The van der Waals surface area contributed by atoms with Gasteiger partial charge in [0.15, 0.2) is 0 Å². The molecular weight excluding hydrogens is 246 g/mol. The molecule has 1 aliphatic carbocycles. The Bertz CT molecular complexity index is 657. The molecule has 0 saturated heterocycles. The van der Waals surface area contributed by atoms with Gasteiger partial charge in [-0.15, -0.1) is 0 Å². The van der Waals surface area contributed by atoms with Gasteiger partial charge < -0.3 is 11.1 Å². The van der Waals surface area contributed by atoms with Gasteiger partial charge in [0.2, 0.25) is 0 Å². The van der Waals surface area contributed by atoms with Crippen molar-refractivity contribution >= 4 is 16.5 Å². The van der Waals surface area contributed by atoms with Crippen molar-refractivity contribution in [3.63, 3.8) is 0 Å². The molecule has 102 valence electrons. The molecule has 3 N–H and O–H groups in total. The van der Waals surface area contributed by atoms with E-state index in [1.54, 1.807) is 0 Å². The largest absolute Gasteiger partial charge is 0.380 e. The summed E-state index contributed by atoms with van der Waals surface area (Å²) in [6.07, 6.45) is 4.68. The Balaban J connectivity index is 1.98. The fraction of sp³-hybridized carbons (Fsp3) is 0.353. The number of nitrogens with one attached hydrogen (secondary N) is 1. The van der Waals surface area contributed by atoms with Gasteiger partial charge in [-0.25, -0.2) is 0 Å².